The van der Waals surface area contributed by atoms with Crippen LogP contribution in [0.25, 0.3) is 0 Å². The van der Waals surface area contributed by atoms with Crippen LogP contribution in [-0.2, 0) is 4.74 Å². The van der Waals surface area contributed by atoms with Gasteiger partial charge in [-0.15, -0.1) is 0 Å². The van der Waals surface area contributed by atoms with E-state index in [1.165, 1.54) is 0 Å². The number of carbonyl (C=O) groups excluding carboxylic acids is 1. The molecule has 0 spiro atoms. The summed E-state index contributed by atoms with van der Waals surface area (Å²) in [6.45, 7) is 11.8. The second-order valence-electron chi connectivity index (χ2n) is 6.13. The van der Waals surface area contributed by atoms with Gasteiger partial charge in [0.1, 0.15) is 0 Å². The van der Waals surface area contributed by atoms with Crippen molar-refractivity contribution in [3.05, 3.63) is 29.8 Å². The molecule has 0 atom stereocenters. The Hall–Kier alpha value is -1.55. The summed E-state index contributed by atoms with van der Waals surface area (Å²) < 4.78 is 5.14. The van der Waals surface area contributed by atoms with E-state index in [1.54, 1.807) is 12.1 Å². The fourth-order valence-corrected chi connectivity index (χ4v) is 1.65. The Morgan fingerprint density at radius 3 is 2.25 bits per heavy atom. The van der Waals surface area contributed by atoms with Crippen LogP contribution in [0.1, 0.15) is 45.0 Å². The summed E-state index contributed by atoms with van der Waals surface area (Å²) in [5.41, 5.74) is 1.71. The molecule has 4 heteroatoms. The Kier molecular flexibility index (Phi) is 6.02. The van der Waals surface area contributed by atoms with Gasteiger partial charge >= 0.3 is 5.97 Å². The number of ether oxygens (including phenoxy) is 1. The molecule has 0 unspecified atom stereocenters. The second-order valence-corrected chi connectivity index (χ2v) is 6.13. The molecule has 0 aliphatic rings. The minimum atomic E-state index is -0.277. The van der Waals surface area contributed by atoms with Crippen LogP contribution >= 0.6 is 0 Å². The Bertz CT molecular complexity index is 419. The molecule has 0 radical (unpaired) electrons. The van der Waals surface area contributed by atoms with Crippen molar-refractivity contribution in [2.45, 2.75) is 46.3 Å². The minimum Gasteiger partial charge on any atom is -0.459 e. The summed E-state index contributed by atoms with van der Waals surface area (Å²) in [6.07, 6.45) is -0.0937. The van der Waals surface area contributed by atoms with E-state index in [0.29, 0.717) is 5.56 Å². The fourth-order valence-electron chi connectivity index (χ4n) is 1.65. The van der Waals surface area contributed by atoms with Gasteiger partial charge in [0.05, 0.1) is 11.7 Å². The van der Waals surface area contributed by atoms with Crippen LogP contribution < -0.4 is 10.6 Å². The molecule has 0 fully saturated rings. The predicted molar refractivity (Wildman–Crippen MR) is 83.2 cm³/mol. The molecule has 112 valence electrons. The Morgan fingerprint density at radius 1 is 1.15 bits per heavy atom. The summed E-state index contributed by atoms with van der Waals surface area (Å²) in [7, 11) is 0. The molecular weight excluding hydrogens is 252 g/mol. The molecular formula is C16H26N2O2. The van der Waals surface area contributed by atoms with Gasteiger partial charge in [-0.05, 0) is 58.9 Å². The molecule has 1 aromatic carbocycles. The molecule has 0 saturated heterocycles. The van der Waals surface area contributed by atoms with Crippen LogP contribution in [0.5, 0.6) is 0 Å². The van der Waals surface area contributed by atoms with E-state index in [2.05, 4.69) is 31.4 Å². The van der Waals surface area contributed by atoms with Gasteiger partial charge in [-0.3, -0.25) is 0 Å². The maximum Gasteiger partial charge on any atom is 0.338 e. The highest BCUT2D eigenvalue weighted by atomic mass is 16.5. The molecule has 2 N–H and O–H groups in total. The highest BCUT2D eigenvalue weighted by Crippen LogP contribution is 2.11. The topological polar surface area (TPSA) is 50.4 Å². The van der Waals surface area contributed by atoms with Gasteiger partial charge in [-0.2, -0.15) is 0 Å². The van der Waals surface area contributed by atoms with E-state index in [9.17, 15) is 4.79 Å². The first-order chi connectivity index (χ1) is 9.28. The van der Waals surface area contributed by atoms with Crippen molar-refractivity contribution in [1.29, 1.82) is 0 Å². The van der Waals surface area contributed by atoms with Crippen molar-refractivity contribution < 1.29 is 9.53 Å². The second kappa shape index (κ2) is 7.29. The smallest absolute Gasteiger partial charge is 0.338 e. The van der Waals surface area contributed by atoms with Crippen LogP contribution in [-0.4, -0.2) is 30.7 Å². The third kappa shape index (κ3) is 6.57. The van der Waals surface area contributed by atoms with Crippen LogP contribution in [0.3, 0.4) is 0 Å². The molecule has 1 rings (SSSR count). The minimum absolute atomic E-state index is 0.0937. The molecule has 0 aliphatic carbocycles. The summed E-state index contributed by atoms with van der Waals surface area (Å²) in [5, 5.41) is 6.72. The molecule has 0 aliphatic heterocycles. The van der Waals surface area contributed by atoms with Gasteiger partial charge in [-0.1, -0.05) is 0 Å². The normalized spacial score (nSPS) is 11.5. The van der Waals surface area contributed by atoms with Crippen molar-refractivity contribution in [2.24, 2.45) is 0 Å². The first kappa shape index (κ1) is 16.5. The third-order valence-corrected chi connectivity index (χ3v) is 2.57. The predicted octanol–water partition coefficient (Wildman–Crippen LogP) is 3.05. The zero-order valence-electron chi connectivity index (χ0n) is 13.1. The standard InChI is InChI=1S/C16H26N2O2/c1-12(2)20-15(19)13-6-8-14(9-7-13)17-10-11-18-16(3,4)5/h6-9,12,17-18H,10-11H2,1-5H3. The van der Waals surface area contributed by atoms with Gasteiger partial charge in [0.25, 0.3) is 0 Å². The Balaban J connectivity index is 2.41. The average molecular weight is 278 g/mol. The van der Waals surface area contributed by atoms with Gasteiger partial charge in [-0.25, -0.2) is 4.79 Å². The summed E-state index contributed by atoms with van der Waals surface area (Å²) in [4.78, 5) is 11.7. The number of carbonyl (C=O) groups is 1. The zero-order chi connectivity index (χ0) is 15.2. The lowest BCUT2D eigenvalue weighted by Crippen LogP contribution is -2.38. The molecule has 4 nitrogen and oxygen atoms in total. The van der Waals surface area contributed by atoms with Crippen LogP contribution in [0.4, 0.5) is 5.69 Å². The molecule has 0 heterocycles. The van der Waals surface area contributed by atoms with E-state index >= 15 is 0 Å². The Morgan fingerprint density at radius 2 is 1.75 bits per heavy atom. The van der Waals surface area contributed by atoms with Gasteiger partial charge < -0.3 is 15.4 Å². The number of hydrogen-bond acceptors (Lipinski definition) is 4. The monoisotopic (exact) mass is 278 g/mol. The number of esters is 1. The summed E-state index contributed by atoms with van der Waals surface area (Å²) in [6, 6.07) is 7.36. The van der Waals surface area contributed by atoms with E-state index in [-0.39, 0.29) is 17.6 Å². The number of benzene rings is 1. The molecule has 1 aromatic rings. The molecule has 0 saturated carbocycles. The van der Waals surface area contributed by atoms with Crippen molar-refractivity contribution in [1.82, 2.24) is 5.32 Å². The quantitative estimate of drug-likeness (QED) is 0.620. The number of nitrogens with one attached hydrogen (secondary N) is 2. The highest BCUT2D eigenvalue weighted by Gasteiger charge is 2.09. The van der Waals surface area contributed by atoms with Crippen molar-refractivity contribution in [3.63, 3.8) is 0 Å². The lowest BCUT2D eigenvalue weighted by atomic mass is 10.1. The van der Waals surface area contributed by atoms with E-state index in [1.807, 2.05) is 26.0 Å². The SMILES string of the molecule is CC(C)OC(=O)c1ccc(NCCNC(C)(C)C)cc1. The van der Waals surface area contributed by atoms with Gasteiger partial charge in [0.2, 0.25) is 0 Å². The van der Waals surface area contributed by atoms with Crippen LogP contribution in [0, 0.1) is 0 Å². The maximum absolute atomic E-state index is 11.7. The lowest BCUT2D eigenvalue weighted by molar-refractivity contribution is 0.0378. The van der Waals surface area contributed by atoms with E-state index in [4.69, 9.17) is 4.74 Å². The zero-order valence-corrected chi connectivity index (χ0v) is 13.1. The van der Waals surface area contributed by atoms with Crippen molar-refractivity contribution in [2.75, 3.05) is 18.4 Å². The average Bonchev–Trinajstić information content (AvgIpc) is 2.33. The first-order valence-electron chi connectivity index (χ1n) is 7.08. The number of hydrogen-bond donors (Lipinski definition) is 2. The molecule has 0 bridgehead atoms. The maximum atomic E-state index is 11.7. The van der Waals surface area contributed by atoms with E-state index < -0.39 is 0 Å². The van der Waals surface area contributed by atoms with Crippen molar-refractivity contribution in [3.8, 4) is 0 Å². The number of rotatable bonds is 6. The molecule has 0 aromatic heterocycles. The molecule has 0 amide bonds. The van der Waals surface area contributed by atoms with Gasteiger partial charge in [0.15, 0.2) is 0 Å². The highest BCUT2D eigenvalue weighted by molar-refractivity contribution is 5.89. The summed E-state index contributed by atoms with van der Waals surface area (Å²) >= 11 is 0. The van der Waals surface area contributed by atoms with Gasteiger partial charge in [0, 0.05) is 24.3 Å². The third-order valence-electron chi connectivity index (χ3n) is 2.57. The number of anilines is 1. The molecule has 20 heavy (non-hydrogen) atoms. The van der Waals surface area contributed by atoms with Crippen molar-refractivity contribution >= 4 is 11.7 Å². The lowest BCUT2D eigenvalue weighted by Gasteiger charge is -2.20. The van der Waals surface area contributed by atoms with Crippen LogP contribution in [0.15, 0.2) is 24.3 Å². The Labute approximate surface area is 121 Å². The van der Waals surface area contributed by atoms with Crippen LogP contribution in [0.2, 0.25) is 0 Å². The fraction of sp³-hybridized carbons (Fsp3) is 0.562. The van der Waals surface area contributed by atoms with E-state index in [0.717, 1.165) is 18.8 Å². The summed E-state index contributed by atoms with van der Waals surface area (Å²) in [5.74, 6) is -0.277. The largest absolute Gasteiger partial charge is 0.459 e. The first-order valence-corrected chi connectivity index (χ1v) is 7.08.